The van der Waals surface area contributed by atoms with Crippen molar-refractivity contribution >= 4 is 57.2 Å². The standard InChI is InChI=1S/C18H19N5O2.C13H12IN3O2.C11H19BN2O2/c1-8-15(9(2)21-20-8)13-6-12(16-10(3)22-25-11(16)4)7-14-17(13)23(5)18(24)19-14;1-6-11(7(2)19-16-6)8-4-9(14)12-10(5-8)15-13(18)17(12)3;1-7-9(8(2)14-13-7)12-15-10(3,4)11(5,6)16-12/h6-7H,1-5H3,(H,19,24)(H,20,21);4-5H,1-3H3,(H,15,18);1-6H3,(H,13,14). The molecule has 8 aromatic rings. The minimum atomic E-state index is -0.316. The van der Waals surface area contributed by atoms with Crippen molar-refractivity contribution in [2.45, 2.75) is 94.3 Å². The SMILES string of the molecule is Cc1n[nH]c(C)c1-c1cc(-c2c(C)noc2C)cc2[nH]c(=O)n(C)c12.Cc1n[nH]c(C)c1B1OC(C)(C)C(C)(C)O1.Cc1noc(C)c1-c1cc(I)c2c(c1)[nH]c(=O)n2C. The maximum Gasteiger partial charge on any atom is 0.498 e. The van der Waals surface area contributed by atoms with Gasteiger partial charge in [0.15, 0.2) is 0 Å². The van der Waals surface area contributed by atoms with E-state index in [4.69, 9.17) is 18.4 Å². The highest BCUT2D eigenvalue weighted by Crippen LogP contribution is 2.38. The summed E-state index contributed by atoms with van der Waals surface area (Å²) in [6.07, 6.45) is 0. The van der Waals surface area contributed by atoms with Gasteiger partial charge in [-0.25, -0.2) is 9.59 Å². The van der Waals surface area contributed by atoms with Gasteiger partial charge in [-0.3, -0.25) is 19.3 Å². The summed E-state index contributed by atoms with van der Waals surface area (Å²) < 4.78 is 26.8. The summed E-state index contributed by atoms with van der Waals surface area (Å²) in [5.74, 6) is 1.53. The largest absolute Gasteiger partial charge is 0.498 e. The molecule has 2 aromatic carbocycles. The average molecular weight is 929 g/mol. The van der Waals surface area contributed by atoms with Crippen LogP contribution in [-0.4, -0.2) is 68.1 Å². The highest BCUT2D eigenvalue weighted by atomic mass is 127. The second kappa shape index (κ2) is 15.5. The van der Waals surface area contributed by atoms with Crippen LogP contribution in [0.4, 0.5) is 0 Å². The Bertz CT molecular complexity index is 2950. The third kappa shape index (κ3) is 7.38. The molecular formula is C42H50BIN10O6. The van der Waals surface area contributed by atoms with E-state index in [1.54, 1.807) is 23.2 Å². The Kier molecular flexibility index (Phi) is 11.0. The number of aromatic nitrogens is 10. The zero-order chi connectivity index (χ0) is 43.7. The van der Waals surface area contributed by atoms with Gasteiger partial charge in [0.05, 0.1) is 56.0 Å². The lowest BCUT2D eigenvalue weighted by atomic mass is 9.77. The molecule has 18 heteroatoms. The van der Waals surface area contributed by atoms with Gasteiger partial charge in [-0.1, -0.05) is 10.3 Å². The van der Waals surface area contributed by atoms with E-state index in [9.17, 15) is 9.59 Å². The number of nitrogens with zero attached hydrogens (tertiary/aromatic N) is 6. The van der Waals surface area contributed by atoms with Crippen LogP contribution in [0.25, 0.3) is 55.4 Å². The van der Waals surface area contributed by atoms with Crippen molar-refractivity contribution in [1.29, 1.82) is 0 Å². The van der Waals surface area contributed by atoms with Gasteiger partial charge in [0, 0.05) is 56.8 Å². The molecule has 0 spiro atoms. The van der Waals surface area contributed by atoms with Gasteiger partial charge in [0.25, 0.3) is 0 Å². The third-order valence-electron chi connectivity index (χ3n) is 11.7. The number of benzene rings is 2. The van der Waals surface area contributed by atoms with E-state index in [-0.39, 0.29) is 29.7 Å². The molecule has 1 fully saturated rings. The van der Waals surface area contributed by atoms with Crippen LogP contribution >= 0.6 is 22.6 Å². The molecule has 4 N–H and O–H groups in total. The fraction of sp³-hybridized carbons (Fsp3) is 0.381. The Hall–Kier alpha value is -5.47. The molecule has 16 nitrogen and oxygen atoms in total. The number of aryl methyl sites for hydroxylation is 10. The number of halogens is 1. The van der Waals surface area contributed by atoms with E-state index in [2.05, 4.69) is 97.0 Å². The molecule has 60 heavy (non-hydrogen) atoms. The van der Waals surface area contributed by atoms with Crippen molar-refractivity contribution < 1.29 is 18.4 Å². The smallest absolute Gasteiger partial charge is 0.399 e. The van der Waals surface area contributed by atoms with E-state index < -0.39 is 0 Å². The number of nitrogens with one attached hydrogen (secondary N) is 4. The third-order valence-corrected chi connectivity index (χ3v) is 12.5. The van der Waals surface area contributed by atoms with Crippen LogP contribution in [0.15, 0.2) is 42.9 Å². The number of aromatic amines is 4. The number of hydrogen-bond acceptors (Lipinski definition) is 10. The summed E-state index contributed by atoms with van der Waals surface area (Å²) in [7, 11) is 3.22. The van der Waals surface area contributed by atoms with Gasteiger partial charge in [-0.05, 0) is 141 Å². The lowest BCUT2D eigenvalue weighted by molar-refractivity contribution is 0.00578. The fourth-order valence-corrected chi connectivity index (χ4v) is 8.80. The molecule has 1 saturated heterocycles. The fourth-order valence-electron chi connectivity index (χ4n) is 7.81. The number of fused-ring (bicyclic) bond motifs is 2. The molecule has 1 aliphatic rings. The highest BCUT2D eigenvalue weighted by Gasteiger charge is 2.52. The summed E-state index contributed by atoms with van der Waals surface area (Å²) in [5.41, 5.74) is 14.9. The maximum atomic E-state index is 12.2. The minimum Gasteiger partial charge on any atom is -0.399 e. The van der Waals surface area contributed by atoms with Crippen LogP contribution in [0, 0.1) is 59.0 Å². The highest BCUT2D eigenvalue weighted by molar-refractivity contribution is 14.1. The van der Waals surface area contributed by atoms with Crippen molar-refractivity contribution in [2.24, 2.45) is 14.1 Å². The van der Waals surface area contributed by atoms with Crippen molar-refractivity contribution in [1.82, 2.24) is 49.8 Å². The molecule has 0 bridgehead atoms. The molecule has 0 radical (unpaired) electrons. The predicted molar refractivity (Wildman–Crippen MR) is 241 cm³/mol. The molecule has 0 aliphatic carbocycles. The first-order valence-corrected chi connectivity index (χ1v) is 20.6. The molecule has 7 heterocycles. The Labute approximate surface area is 360 Å². The molecule has 0 saturated carbocycles. The van der Waals surface area contributed by atoms with Crippen molar-refractivity contribution in [3.05, 3.63) is 94.5 Å². The van der Waals surface area contributed by atoms with Crippen LogP contribution in [0.2, 0.25) is 0 Å². The number of H-pyrrole nitrogens is 4. The minimum absolute atomic E-state index is 0.108. The molecule has 1 aliphatic heterocycles. The predicted octanol–water partition coefficient (Wildman–Crippen LogP) is 7.21. The summed E-state index contributed by atoms with van der Waals surface area (Å²) in [4.78, 5) is 29.7. The second-order valence-electron chi connectivity index (χ2n) is 16.4. The van der Waals surface area contributed by atoms with Gasteiger partial charge in [-0.2, -0.15) is 10.2 Å². The number of rotatable bonds is 4. The lowest BCUT2D eigenvalue weighted by Gasteiger charge is -2.32. The van der Waals surface area contributed by atoms with Gasteiger partial charge < -0.3 is 28.3 Å². The molecule has 0 amide bonds. The topological polar surface area (TPSA) is 203 Å². The first kappa shape index (κ1) is 42.7. The zero-order valence-corrected chi connectivity index (χ0v) is 38.6. The molecule has 0 atom stereocenters. The van der Waals surface area contributed by atoms with Crippen LogP contribution < -0.4 is 16.8 Å². The van der Waals surface area contributed by atoms with Crippen LogP contribution in [0.5, 0.6) is 0 Å². The molecule has 314 valence electrons. The summed E-state index contributed by atoms with van der Waals surface area (Å²) in [6.45, 7) is 23.7. The van der Waals surface area contributed by atoms with Gasteiger partial charge in [-0.15, -0.1) is 0 Å². The lowest BCUT2D eigenvalue weighted by Crippen LogP contribution is -2.41. The molecule has 9 rings (SSSR count). The Morgan fingerprint density at radius 3 is 1.53 bits per heavy atom. The second-order valence-corrected chi connectivity index (χ2v) is 17.6. The van der Waals surface area contributed by atoms with Crippen LogP contribution in [0.1, 0.15) is 73.4 Å². The van der Waals surface area contributed by atoms with E-state index in [1.165, 1.54) is 0 Å². The number of hydrogen-bond donors (Lipinski definition) is 4. The Morgan fingerprint density at radius 2 is 1.08 bits per heavy atom. The van der Waals surface area contributed by atoms with Crippen molar-refractivity contribution in [3.63, 3.8) is 0 Å². The Balaban J connectivity index is 0.000000140. The van der Waals surface area contributed by atoms with Crippen molar-refractivity contribution in [3.8, 4) is 33.4 Å². The summed E-state index contributed by atoms with van der Waals surface area (Å²) in [5, 5.41) is 22.5. The first-order valence-electron chi connectivity index (χ1n) is 19.5. The van der Waals surface area contributed by atoms with E-state index in [0.717, 1.165) is 110 Å². The van der Waals surface area contributed by atoms with Gasteiger partial charge >= 0.3 is 18.5 Å². The van der Waals surface area contributed by atoms with Crippen molar-refractivity contribution in [2.75, 3.05) is 0 Å². The quantitative estimate of drug-likeness (QED) is 0.103. The van der Waals surface area contributed by atoms with Crippen LogP contribution in [0.3, 0.4) is 0 Å². The average Bonchev–Trinajstić information content (AvgIpc) is 4.01. The van der Waals surface area contributed by atoms with Crippen LogP contribution in [-0.2, 0) is 23.4 Å². The molecular weight excluding hydrogens is 878 g/mol. The van der Waals surface area contributed by atoms with E-state index in [1.807, 2.05) is 73.6 Å². The van der Waals surface area contributed by atoms with E-state index in [0.29, 0.717) is 0 Å². The van der Waals surface area contributed by atoms with E-state index >= 15 is 0 Å². The molecule has 0 unspecified atom stereocenters. The maximum absolute atomic E-state index is 12.2. The number of imidazole rings is 2. The normalized spacial score (nSPS) is 14.5. The Morgan fingerprint density at radius 1 is 0.617 bits per heavy atom. The summed E-state index contributed by atoms with van der Waals surface area (Å²) in [6, 6.07) is 8.05. The molecule has 6 aromatic heterocycles. The zero-order valence-electron chi connectivity index (χ0n) is 36.4. The van der Waals surface area contributed by atoms with Gasteiger partial charge in [0.2, 0.25) is 0 Å². The summed E-state index contributed by atoms with van der Waals surface area (Å²) >= 11 is 2.24. The van der Waals surface area contributed by atoms with Gasteiger partial charge in [0.1, 0.15) is 11.5 Å². The monoisotopic (exact) mass is 928 g/mol. The first-order chi connectivity index (χ1) is 28.1.